The summed E-state index contributed by atoms with van der Waals surface area (Å²) < 4.78 is 0. The summed E-state index contributed by atoms with van der Waals surface area (Å²) in [6, 6.07) is 0. The molecule has 18 heavy (non-hydrogen) atoms. The molecule has 0 radical (unpaired) electrons. The standard InChI is InChI=1S/C13H18ClN3O/c14-11-12(16-9-8-15-11)17-13(18)10-6-4-2-1-3-5-7-10/h8-10H,1-7H2,(H,16,17,18). The van der Waals surface area contributed by atoms with E-state index in [1.165, 1.54) is 31.7 Å². The summed E-state index contributed by atoms with van der Waals surface area (Å²) in [5.41, 5.74) is 0. The number of aromatic nitrogens is 2. The van der Waals surface area contributed by atoms with Crippen LogP contribution in [-0.2, 0) is 4.79 Å². The van der Waals surface area contributed by atoms with Crippen molar-refractivity contribution in [1.29, 1.82) is 0 Å². The number of hydrogen-bond donors (Lipinski definition) is 1. The van der Waals surface area contributed by atoms with Crippen LogP contribution in [0.1, 0.15) is 44.9 Å². The van der Waals surface area contributed by atoms with Crippen LogP contribution in [0.5, 0.6) is 0 Å². The maximum atomic E-state index is 12.1. The molecule has 1 aromatic rings. The van der Waals surface area contributed by atoms with E-state index in [-0.39, 0.29) is 17.0 Å². The molecule has 1 saturated carbocycles. The molecule has 98 valence electrons. The van der Waals surface area contributed by atoms with Gasteiger partial charge < -0.3 is 5.32 Å². The average molecular weight is 268 g/mol. The van der Waals surface area contributed by atoms with Crippen molar-refractivity contribution in [3.05, 3.63) is 17.5 Å². The number of carbonyl (C=O) groups is 1. The third kappa shape index (κ3) is 3.67. The van der Waals surface area contributed by atoms with Crippen molar-refractivity contribution in [2.75, 3.05) is 5.32 Å². The van der Waals surface area contributed by atoms with Crippen molar-refractivity contribution >= 4 is 23.3 Å². The zero-order chi connectivity index (χ0) is 12.8. The normalized spacial score (nSPS) is 17.8. The molecule has 4 nitrogen and oxygen atoms in total. The Morgan fingerprint density at radius 1 is 1.11 bits per heavy atom. The van der Waals surface area contributed by atoms with Gasteiger partial charge in [-0.25, -0.2) is 9.97 Å². The Bertz CT molecular complexity index is 403. The molecule has 0 unspecified atom stereocenters. The highest BCUT2D eigenvalue weighted by Crippen LogP contribution is 2.24. The molecule has 0 spiro atoms. The molecular weight excluding hydrogens is 250 g/mol. The Morgan fingerprint density at radius 3 is 2.39 bits per heavy atom. The summed E-state index contributed by atoms with van der Waals surface area (Å²) in [4.78, 5) is 20.1. The van der Waals surface area contributed by atoms with Gasteiger partial charge in [0.1, 0.15) is 0 Å². The summed E-state index contributed by atoms with van der Waals surface area (Å²) in [6.07, 6.45) is 11.0. The van der Waals surface area contributed by atoms with Crippen molar-refractivity contribution in [3.63, 3.8) is 0 Å². The summed E-state index contributed by atoms with van der Waals surface area (Å²) in [6.45, 7) is 0. The van der Waals surface area contributed by atoms with Gasteiger partial charge in [0.2, 0.25) is 5.91 Å². The minimum Gasteiger partial charge on any atom is -0.308 e. The van der Waals surface area contributed by atoms with Gasteiger partial charge in [0.05, 0.1) is 0 Å². The molecular formula is C13H18ClN3O. The first-order valence-electron chi connectivity index (χ1n) is 6.55. The van der Waals surface area contributed by atoms with Crippen LogP contribution in [0.3, 0.4) is 0 Å². The Hall–Kier alpha value is -1.16. The van der Waals surface area contributed by atoms with E-state index in [1.54, 1.807) is 0 Å². The molecule has 0 saturated heterocycles. The van der Waals surface area contributed by atoms with Crippen LogP contribution in [0.2, 0.25) is 5.15 Å². The molecule has 1 aromatic heterocycles. The Balaban J connectivity index is 1.96. The summed E-state index contributed by atoms with van der Waals surface area (Å²) >= 11 is 5.88. The number of carbonyl (C=O) groups excluding carboxylic acids is 1. The molecule has 0 bridgehead atoms. The van der Waals surface area contributed by atoms with E-state index in [1.807, 2.05) is 0 Å². The summed E-state index contributed by atoms with van der Waals surface area (Å²) in [7, 11) is 0. The molecule has 1 aliphatic rings. The first kappa shape index (κ1) is 13.3. The minimum absolute atomic E-state index is 0.0271. The monoisotopic (exact) mass is 267 g/mol. The lowest BCUT2D eigenvalue weighted by Gasteiger charge is -2.18. The van der Waals surface area contributed by atoms with Gasteiger partial charge in [-0.1, -0.05) is 43.7 Å². The lowest BCUT2D eigenvalue weighted by molar-refractivity contribution is -0.120. The lowest BCUT2D eigenvalue weighted by atomic mass is 9.90. The van der Waals surface area contributed by atoms with Crippen LogP contribution in [0.4, 0.5) is 5.82 Å². The van der Waals surface area contributed by atoms with Crippen molar-refractivity contribution in [1.82, 2.24) is 9.97 Å². The second-order valence-corrected chi connectivity index (χ2v) is 5.09. The minimum atomic E-state index is 0.0271. The molecule has 0 aliphatic heterocycles. The predicted octanol–water partition coefficient (Wildman–Crippen LogP) is 3.43. The van der Waals surface area contributed by atoms with E-state index < -0.39 is 0 Å². The molecule has 0 atom stereocenters. The van der Waals surface area contributed by atoms with E-state index in [9.17, 15) is 4.79 Å². The molecule has 1 heterocycles. The van der Waals surface area contributed by atoms with Crippen LogP contribution in [0.15, 0.2) is 12.4 Å². The van der Waals surface area contributed by atoms with Crippen molar-refractivity contribution < 1.29 is 4.79 Å². The quantitative estimate of drug-likeness (QED) is 0.893. The summed E-state index contributed by atoms with van der Waals surface area (Å²) in [5.74, 6) is 0.480. The third-order valence-electron chi connectivity index (χ3n) is 3.37. The van der Waals surface area contributed by atoms with Crippen LogP contribution in [0, 0.1) is 5.92 Å². The molecule has 2 rings (SSSR count). The molecule has 0 aromatic carbocycles. The van der Waals surface area contributed by atoms with Gasteiger partial charge in [-0.2, -0.15) is 0 Å². The average Bonchev–Trinajstić information content (AvgIpc) is 2.31. The first-order valence-corrected chi connectivity index (χ1v) is 6.92. The fourth-order valence-electron chi connectivity index (χ4n) is 2.34. The molecule has 1 fully saturated rings. The number of halogens is 1. The fourth-order valence-corrected chi connectivity index (χ4v) is 2.49. The highest BCUT2D eigenvalue weighted by Gasteiger charge is 2.20. The number of nitrogens with one attached hydrogen (secondary N) is 1. The Labute approximate surface area is 112 Å². The molecule has 1 aliphatic carbocycles. The van der Waals surface area contributed by atoms with Gasteiger partial charge in [0.25, 0.3) is 0 Å². The zero-order valence-electron chi connectivity index (χ0n) is 10.4. The van der Waals surface area contributed by atoms with Gasteiger partial charge in [-0.05, 0) is 12.8 Å². The van der Waals surface area contributed by atoms with Gasteiger partial charge in [0.15, 0.2) is 11.0 Å². The number of hydrogen-bond acceptors (Lipinski definition) is 3. The number of anilines is 1. The van der Waals surface area contributed by atoms with Crippen molar-refractivity contribution in [2.24, 2.45) is 5.92 Å². The predicted molar refractivity (Wildman–Crippen MR) is 71.5 cm³/mol. The second-order valence-electron chi connectivity index (χ2n) is 4.73. The van der Waals surface area contributed by atoms with Gasteiger partial charge in [-0.3, -0.25) is 4.79 Å². The third-order valence-corrected chi connectivity index (χ3v) is 3.65. The SMILES string of the molecule is O=C(Nc1nccnc1Cl)C1CCCCCCC1. The van der Waals surface area contributed by atoms with Gasteiger partial charge >= 0.3 is 0 Å². The van der Waals surface area contributed by atoms with Crippen molar-refractivity contribution in [3.8, 4) is 0 Å². The molecule has 1 N–H and O–H groups in total. The highest BCUT2D eigenvalue weighted by molar-refractivity contribution is 6.32. The number of nitrogens with zero attached hydrogens (tertiary/aromatic N) is 2. The zero-order valence-corrected chi connectivity index (χ0v) is 11.1. The lowest BCUT2D eigenvalue weighted by Crippen LogP contribution is -2.24. The maximum Gasteiger partial charge on any atom is 0.228 e. The smallest absolute Gasteiger partial charge is 0.228 e. The van der Waals surface area contributed by atoms with E-state index >= 15 is 0 Å². The van der Waals surface area contributed by atoms with Crippen LogP contribution in [0.25, 0.3) is 0 Å². The molecule has 1 amide bonds. The number of amides is 1. The van der Waals surface area contributed by atoms with Gasteiger partial charge in [0, 0.05) is 18.3 Å². The second kappa shape index (κ2) is 6.69. The van der Waals surface area contributed by atoms with E-state index in [0.29, 0.717) is 5.82 Å². The topological polar surface area (TPSA) is 54.9 Å². The Morgan fingerprint density at radius 2 is 1.72 bits per heavy atom. The number of rotatable bonds is 2. The van der Waals surface area contributed by atoms with Crippen LogP contribution < -0.4 is 5.32 Å². The van der Waals surface area contributed by atoms with Crippen molar-refractivity contribution in [2.45, 2.75) is 44.9 Å². The van der Waals surface area contributed by atoms with E-state index in [0.717, 1.165) is 25.7 Å². The van der Waals surface area contributed by atoms with E-state index in [4.69, 9.17) is 11.6 Å². The van der Waals surface area contributed by atoms with Crippen LogP contribution >= 0.6 is 11.6 Å². The summed E-state index contributed by atoms with van der Waals surface area (Å²) in [5, 5.41) is 3.03. The molecule has 5 heteroatoms. The van der Waals surface area contributed by atoms with E-state index in [2.05, 4.69) is 15.3 Å². The maximum absolute atomic E-state index is 12.1. The van der Waals surface area contributed by atoms with Crippen LogP contribution in [-0.4, -0.2) is 15.9 Å². The van der Waals surface area contributed by atoms with Gasteiger partial charge in [-0.15, -0.1) is 0 Å². The highest BCUT2D eigenvalue weighted by atomic mass is 35.5. The largest absolute Gasteiger partial charge is 0.308 e. The fraction of sp³-hybridized carbons (Fsp3) is 0.615. The Kier molecular flexibility index (Phi) is 4.93. The first-order chi connectivity index (χ1) is 8.77.